The predicted octanol–water partition coefficient (Wildman–Crippen LogP) is 4.43. The maximum absolute atomic E-state index is 12.1. The van der Waals surface area contributed by atoms with Crippen LogP contribution in [0.3, 0.4) is 0 Å². The molecule has 1 heterocycles. The van der Waals surface area contributed by atoms with Crippen molar-refractivity contribution in [3.8, 4) is 0 Å². The largest absolute Gasteiger partial charge is 0.349 e. The molecular weight excluding hydrogens is 360 g/mol. The minimum absolute atomic E-state index is 0.0103. The summed E-state index contributed by atoms with van der Waals surface area (Å²) < 4.78 is 1.10. The molecule has 0 aliphatic rings. The van der Waals surface area contributed by atoms with Gasteiger partial charge in [-0.15, -0.1) is 11.8 Å². The maximum Gasteiger partial charge on any atom is 0.230 e. The van der Waals surface area contributed by atoms with Crippen molar-refractivity contribution in [3.63, 3.8) is 0 Å². The first-order chi connectivity index (χ1) is 10.5. The number of amides is 1. The van der Waals surface area contributed by atoms with E-state index in [0.29, 0.717) is 5.75 Å². The second-order valence-corrected chi connectivity index (χ2v) is 7.10. The third-order valence-corrected chi connectivity index (χ3v) is 5.41. The van der Waals surface area contributed by atoms with E-state index >= 15 is 0 Å². The Hall–Kier alpha value is -1.33. The maximum atomic E-state index is 12.1. The highest BCUT2D eigenvalue weighted by Gasteiger charge is 2.11. The Labute approximate surface area is 144 Å². The van der Waals surface area contributed by atoms with Crippen LogP contribution in [-0.4, -0.2) is 16.6 Å². The Bertz CT molecular complexity index is 661. The van der Waals surface area contributed by atoms with E-state index in [0.717, 1.165) is 14.9 Å². The molecule has 0 aliphatic heterocycles. The molecular formula is C17H19BrN2OS. The number of pyridine rings is 1. The second-order valence-electron chi connectivity index (χ2n) is 5.23. The van der Waals surface area contributed by atoms with E-state index < -0.39 is 0 Å². The summed E-state index contributed by atoms with van der Waals surface area (Å²) in [7, 11) is 0. The van der Waals surface area contributed by atoms with Crippen LogP contribution in [0.1, 0.15) is 29.7 Å². The lowest BCUT2D eigenvalue weighted by atomic mass is 10.1. The molecule has 0 fully saturated rings. The Morgan fingerprint density at radius 2 is 1.95 bits per heavy atom. The summed E-state index contributed by atoms with van der Waals surface area (Å²) in [6.45, 7) is 6.09. The number of hydrogen-bond donors (Lipinski definition) is 1. The van der Waals surface area contributed by atoms with Gasteiger partial charge in [0.15, 0.2) is 0 Å². The van der Waals surface area contributed by atoms with Gasteiger partial charge in [-0.05, 0) is 61.7 Å². The standard InChI is InChI=1S/C17H19BrN2OS/c1-11-9-16(12(2)8-15(11)18)22-10-17(21)20-13(3)14-4-6-19-7-5-14/h4-9,13H,10H2,1-3H3,(H,20,21). The van der Waals surface area contributed by atoms with Crippen LogP contribution in [0.5, 0.6) is 0 Å². The van der Waals surface area contributed by atoms with Crippen molar-refractivity contribution in [3.05, 3.63) is 57.8 Å². The number of aromatic nitrogens is 1. The van der Waals surface area contributed by atoms with Gasteiger partial charge in [0.25, 0.3) is 0 Å². The zero-order valence-electron chi connectivity index (χ0n) is 12.9. The number of aryl methyl sites for hydroxylation is 2. The minimum Gasteiger partial charge on any atom is -0.349 e. The molecule has 5 heteroatoms. The summed E-state index contributed by atoms with van der Waals surface area (Å²) in [5.74, 6) is 0.450. The van der Waals surface area contributed by atoms with Crippen molar-refractivity contribution in [1.29, 1.82) is 0 Å². The van der Waals surface area contributed by atoms with Gasteiger partial charge in [-0.1, -0.05) is 15.9 Å². The quantitative estimate of drug-likeness (QED) is 0.782. The lowest BCUT2D eigenvalue weighted by molar-refractivity contribution is -0.119. The molecule has 1 unspecified atom stereocenters. The summed E-state index contributed by atoms with van der Waals surface area (Å²) in [6, 6.07) is 8.03. The molecule has 22 heavy (non-hydrogen) atoms. The first-order valence-electron chi connectivity index (χ1n) is 7.06. The average Bonchev–Trinajstić information content (AvgIpc) is 2.50. The van der Waals surface area contributed by atoms with Crippen molar-refractivity contribution >= 4 is 33.6 Å². The van der Waals surface area contributed by atoms with Crippen LogP contribution < -0.4 is 5.32 Å². The number of thioether (sulfide) groups is 1. The molecule has 2 rings (SSSR count). The van der Waals surface area contributed by atoms with Gasteiger partial charge in [-0.2, -0.15) is 0 Å². The topological polar surface area (TPSA) is 42.0 Å². The molecule has 1 aromatic carbocycles. The normalized spacial score (nSPS) is 12.0. The number of halogens is 1. The zero-order chi connectivity index (χ0) is 16.1. The molecule has 1 atom stereocenters. The van der Waals surface area contributed by atoms with Gasteiger partial charge in [-0.25, -0.2) is 0 Å². The van der Waals surface area contributed by atoms with Crippen LogP contribution in [-0.2, 0) is 4.79 Å². The van der Waals surface area contributed by atoms with Crippen LogP contribution in [0.2, 0.25) is 0 Å². The Kier molecular flexibility index (Phi) is 6.03. The van der Waals surface area contributed by atoms with Crippen molar-refractivity contribution in [2.24, 2.45) is 0 Å². The number of rotatable bonds is 5. The fourth-order valence-corrected chi connectivity index (χ4v) is 3.45. The molecule has 0 spiro atoms. The third kappa shape index (κ3) is 4.58. The lowest BCUT2D eigenvalue weighted by Gasteiger charge is -2.14. The van der Waals surface area contributed by atoms with E-state index in [1.807, 2.05) is 19.1 Å². The average molecular weight is 379 g/mol. The van der Waals surface area contributed by atoms with Crippen molar-refractivity contribution < 1.29 is 4.79 Å². The number of hydrogen-bond acceptors (Lipinski definition) is 3. The summed E-state index contributed by atoms with van der Waals surface area (Å²) >= 11 is 5.10. The van der Waals surface area contributed by atoms with Gasteiger partial charge in [0.1, 0.15) is 0 Å². The Balaban J connectivity index is 1.92. The molecule has 116 valence electrons. The molecule has 1 amide bonds. The monoisotopic (exact) mass is 378 g/mol. The lowest BCUT2D eigenvalue weighted by Crippen LogP contribution is -2.28. The third-order valence-electron chi connectivity index (χ3n) is 3.40. The zero-order valence-corrected chi connectivity index (χ0v) is 15.3. The van der Waals surface area contributed by atoms with Crippen LogP contribution >= 0.6 is 27.7 Å². The first-order valence-corrected chi connectivity index (χ1v) is 8.84. The van der Waals surface area contributed by atoms with Crippen LogP contribution in [0.4, 0.5) is 0 Å². The SMILES string of the molecule is Cc1cc(SCC(=O)NC(C)c2ccncc2)c(C)cc1Br. The van der Waals surface area contributed by atoms with Gasteiger partial charge < -0.3 is 5.32 Å². The smallest absolute Gasteiger partial charge is 0.230 e. The fourth-order valence-electron chi connectivity index (χ4n) is 2.07. The number of benzene rings is 1. The van der Waals surface area contributed by atoms with Gasteiger partial charge in [0, 0.05) is 21.8 Å². The van der Waals surface area contributed by atoms with Crippen molar-refractivity contribution in [2.75, 3.05) is 5.75 Å². The van der Waals surface area contributed by atoms with E-state index in [1.165, 1.54) is 11.1 Å². The molecule has 3 nitrogen and oxygen atoms in total. The molecule has 2 aromatic rings. The Morgan fingerprint density at radius 3 is 2.64 bits per heavy atom. The predicted molar refractivity (Wildman–Crippen MR) is 95.1 cm³/mol. The molecule has 0 radical (unpaired) electrons. The van der Waals surface area contributed by atoms with Crippen molar-refractivity contribution in [2.45, 2.75) is 31.7 Å². The summed E-state index contributed by atoms with van der Waals surface area (Å²) in [6.07, 6.45) is 3.47. The molecule has 0 saturated carbocycles. The Morgan fingerprint density at radius 1 is 1.27 bits per heavy atom. The van der Waals surface area contributed by atoms with E-state index in [2.05, 4.69) is 52.2 Å². The number of carbonyl (C=O) groups excluding carboxylic acids is 1. The molecule has 1 N–H and O–H groups in total. The van der Waals surface area contributed by atoms with Crippen LogP contribution in [0.15, 0.2) is 46.0 Å². The highest BCUT2D eigenvalue weighted by atomic mass is 79.9. The van der Waals surface area contributed by atoms with E-state index in [-0.39, 0.29) is 11.9 Å². The fraction of sp³-hybridized carbons (Fsp3) is 0.294. The number of nitrogens with zero attached hydrogens (tertiary/aromatic N) is 1. The summed E-state index contributed by atoms with van der Waals surface area (Å²) in [5, 5.41) is 3.02. The van der Waals surface area contributed by atoms with E-state index in [4.69, 9.17) is 0 Å². The summed E-state index contributed by atoms with van der Waals surface area (Å²) in [5.41, 5.74) is 3.42. The number of carbonyl (C=O) groups is 1. The van der Waals surface area contributed by atoms with Gasteiger partial charge in [-0.3, -0.25) is 9.78 Å². The molecule has 0 saturated heterocycles. The van der Waals surface area contributed by atoms with Gasteiger partial charge in [0.05, 0.1) is 11.8 Å². The van der Waals surface area contributed by atoms with Crippen LogP contribution in [0, 0.1) is 13.8 Å². The van der Waals surface area contributed by atoms with Gasteiger partial charge >= 0.3 is 0 Å². The molecule has 1 aromatic heterocycles. The molecule has 0 aliphatic carbocycles. The summed E-state index contributed by atoms with van der Waals surface area (Å²) in [4.78, 5) is 17.2. The van der Waals surface area contributed by atoms with E-state index in [9.17, 15) is 4.79 Å². The first kappa shape index (κ1) is 17.0. The molecule has 0 bridgehead atoms. The van der Waals surface area contributed by atoms with Crippen molar-refractivity contribution in [1.82, 2.24) is 10.3 Å². The van der Waals surface area contributed by atoms with E-state index in [1.54, 1.807) is 24.2 Å². The minimum atomic E-state index is -0.0103. The highest BCUT2D eigenvalue weighted by molar-refractivity contribution is 9.10. The number of nitrogens with one attached hydrogen (secondary N) is 1. The highest BCUT2D eigenvalue weighted by Crippen LogP contribution is 2.28. The van der Waals surface area contributed by atoms with Gasteiger partial charge in [0.2, 0.25) is 5.91 Å². The van der Waals surface area contributed by atoms with Crippen LogP contribution in [0.25, 0.3) is 0 Å². The second kappa shape index (κ2) is 7.79.